The Balaban J connectivity index is 1.69. The van der Waals surface area contributed by atoms with Gasteiger partial charge in [0.2, 0.25) is 0 Å². The first-order valence-electron chi connectivity index (χ1n) is 8.43. The Bertz CT molecular complexity index is 696. The van der Waals surface area contributed by atoms with E-state index in [1.807, 2.05) is 30.3 Å². The molecule has 1 atom stereocenters. The molecular formula is C20H22O6. The summed E-state index contributed by atoms with van der Waals surface area (Å²) in [7, 11) is 0. The van der Waals surface area contributed by atoms with Crippen molar-refractivity contribution in [2.75, 3.05) is 13.2 Å². The van der Waals surface area contributed by atoms with Crippen LogP contribution in [0.4, 0.5) is 0 Å². The van der Waals surface area contributed by atoms with Gasteiger partial charge < -0.3 is 19.7 Å². The molecule has 2 aromatic carbocycles. The van der Waals surface area contributed by atoms with E-state index >= 15 is 0 Å². The summed E-state index contributed by atoms with van der Waals surface area (Å²) >= 11 is 0. The average Bonchev–Trinajstić information content (AvgIpc) is 2.64. The van der Waals surface area contributed by atoms with E-state index in [1.165, 1.54) is 12.1 Å². The van der Waals surface area contributed by atoms with E-state index in [1.54, 1.807) is 12.1 Å². The van der Waals surface area contributed by atoms with Crippen LogP contribution < -0.4 is 9.47 Å². The number of aromatic carboxylic acids is 1. The molecule has 26 heavy (non-hydrogen) atoms. The van der Waals surface area contributed by atoms with Crippen LogP contribution in [0.2, 0.25) is 0 Å². The predicted molar refractivity (Wildman–Crippen MR) is 95.8 cm³/mol. The van der Waals surface area contributed by atoms with Crippen molar-refractivity contribution in [1.82, 2.24) is 0 Å². The molecule has 0 heterocycles. The van der Waals surface area contributed by atoms with Gasteiger partial charge in [0.15, 0.2) is 0 Å². The SMILES string of the molecule is O=C(O)c1ccc(OCCCC(CCOc2ccccc2)C(=O)O)cc1. The van der Waals surface area contributed by atoms with E-state index in [4.69, 9.17) is 14.6 Å². The largest absolute Gasteiger partial charge is 0.494 e. The fourth-order valence-corrected chi connectivity index (χ4v) is 2.44. The average molecular weight is 358 g/mol. The summed E-state index contributed by atoms with van der Waals surface area (Å²) in [4.78, 5) is 22.1. The molecule has 0 fully saturated rings. The summed E-state index contributed by atoms with van der Waals surface area (Å²) in [6.07, 6.45) is 1.50. The van der Waals surface area contributed by atoms with Crippen molar-refractivity contribution in [3.8, 4) is 11.5 Å². The van der Waals surface area contributed by atoms with Gasteiger partial charge in [0.1, 0.15) is 11.5 Å². The molecule has 0 bridgehead atoms. The highest BCUT2D eigenvalue weighted by Gasteiger charge is 2.17. The quantitative estimate of drug-likeness (QED) is 0.595. The molecule has 0 spiro atoms. The number of hydrogen-bond donors (Lipinski definition) is 2. The Hall–Kier alpha value is -3.02. The smallest absolute Gasteiger partial charge is 0.335 e. The van der Waals surface area contributed by atoms with Crippen molar-refractivity contribution < 1.29 is 29.3 Å². The van der Waals surface area contributed by atoms with Gasteiger partial charge in [-0.15, -0.1) is 0 Å². The number of carbonyl (C=O) groups is 2. The highest BCUT2D eigenvalue weighted by atomic mass is 16.5. The lowest BCUT2D eigenvalue weighted by atomic mass is 10.0. The summed E-state index contributed by atoms with van der Waals surface area (Å²) in [5, 5.41) is 18.2. The van der Waals surface area contributed by atoms with Crippen molar-refractivity contribution >= 4 is 11.9 Å². The van der Waals surface area contributed by atoms with E-state index in [9.17, 15) is 14.7 Å². The number of aliphatic carboxylic acids is 1. The Morgan fingerprint density at radius 1 is 0.808 bits per heavy atom. The van der Waals surface area contributed by atoms with Crippen molar-refractivity contribution in [2.24, 2.45) is 5.92 Å². The third kappa shape index (κ3) is 6.47. The molecule has 0 aromatic heterocycles. The van der Waals surface area contributed by atoms with Crippen molar-refractivity contribution in [2.45, 2.75) is 19.3 Å². The van der Waals surface area contributed by atoms with Gasteiger partial charge in [-0.25, -0.2) is 4.79 Å². The van der Waals surface area contributed by atoms with E-state index < -0.39 is 17.9 Å². The molecule has 6 nitrogen and oxygen atoms in total. The second kappa shape index (κ2) is 10.1. The van der Waals surface area contributed by atoms with Gasteiger partial charge in [0, 0.05) is 0 Å². The highest BCUT2D eigenvalue weighted by Crippen LogP contribution is 2.16. The molecule has 0 saturated heterocycles. The zero-order chi connectivity index (χ0) is 18.8. The van der Waals surface area contributed by atoms with Crippen LogP contribution >= 0.6 is 0 Å². The van der Waals surface area contributed by atoms with Gasteiger partial charge in [-0.1, -0.05) is 18.2 Å². The Morgan fingerprint density at radius 3 is 2.04 bits per heavy atom. The minimum Gasteiger partial charge on any atom is -0.494 e. The highest BCUT2D eigenvalue weighted by molar-refractivity contribution is 5.87. The fourth-order valence-electron chi connectivity index (χ4n) is 2.44. The molecule has 138 valence electrons. The van der Waals surface area contributed by atoms with Gasteiger partial charge >= 0.3 is 11.9 Å². The van der Waals surface area contributed by atoms with Gasteiger partial charge in [0.25, 0.3) is 0 Å². The van der Waals surface area contributed by atoms with Crippen molar-refractivity contribution in [1.29, 1.82) is 0 Å². The van der Waals surface area contributed by atoms with Gasteiger partial charge in [0.05, 0.1) is 24.7 Å². The summed E-state index contributed by atoms with van der Waals surface area (Å²) in [5.41, 5.74) is 0.196. The molecule has 0 saturated carbocycles. The molecule has 1 unspecified atom stereocenters. The Morgan fingerprint density at radius 2 is 1.42 bits per heavy atom. The fraction of sp³-hybridized carbons (Fsp3) is 0.300. The standard InChI is InChI=1S/C20H22O6/c21-19(22)15(12-14-26-17-6-2-1-3-7-17)5-4-13-25-18-10-8-16(9-11-18)20(23)24/h1-3,6-11,15H,4-5,12-14H2,(H,21,22)(H,23,24). The number of rotatable bonds is 11. The van der Waals surface area contributed by atoms with Crippen LogP contribution in [-0.2, 0) is 4.79 Å². The lowest BCUT2D eigenvalue weighted by Crippen LogP contribution is -2.18. The van der Waals surface area contributed by atoms with Crippen molar-refractivity contribution in [3.63, 3.8) is 0 Å². The number of para-hydroxylation sites is 1. The zero-order valence-corrected chi connectivity index (χ0v) is 14.3. The molecule has 2 aromatic rings. The third-order valence-electron chi connectivity index (χ3n) is 3.89. The van der Waals surface area contributed by atoms with Crippen molar-refractivity contribution in [3.05, 3.63) is 60.2 Å². The molecule has 6 heteroatoms. The maximum absolute atomic E-state index is 11.4. The van der Waals surface area contributed by atoms with Gasteiger partial charge in [-0.05, 0) is 55.7 Å². The monoisotopic (exact) mass is 358 g/mol. The zero-order valence-electron chi connectivity index (χ0n) is 14.3. The first kappa shape index (κ1) is 19.3. The number of carboxylic acid groups (broad SMARTS) is 2. The lowest BCUT2D eigenvalue weighted by molar-refractivity contribution is -0.142. The number of hydrogen-bond acceptors (Lipinski definition) is 4. The van der Waals surface area contributed by atoms with E-state index in [2.05, 4.69) is 0 Å². The predicted octanol–water partition coefficient (Wildman–Crippen LogP) is 3.71. The normalized spacial score (nSPS) is 11.5. The number of benzene rings is 2. The Kier molecular flexibility index (Phi) is 7.49. The van der Waals surface area contributed by atoms with Gasteiger partial charge in [-0.2, -0.15) is 0 Å². The molecule has 0 amide bonds. The molecule has 0 aliphatic carbocycles. The topological polar surface area (TPSA) is 93.1 Å². The molecular weight excluding hydrogens is 336 g/mol. The molecule has 0 aliphatic heterocycles. The molecule has 0 radical (unpaired) electrons. The van der Waals surface area contributed by atoms with Crippen LogP contribution in [0, 0.1) is 5.92 Å². The first-order valence-corrected chi connectivity index (χ1v) is 8.43. The van der Waals surface area contributed by atoms with Crippen LogP contribution in [0.3, 0.4) is 0 Å². The number of ether oxygens (including phenoxy) is 2. The first-order chi connectivity index (χ1) is 12.6. The minimum absolute atomic E-state index is 0.196. The van der Waals surface area contributed by atoms with E-state index in [0.29, 0.717) is 38.2 Å². The molecule has 2 rings (SSSR count). The van der Waals surface area contributed by atoms with Crippen LogP contribution in [0.25, 0.3) is 0 Å². The van der Waals surface area contributed by atoms with E-state index in [-0.39, 0.29) is 5.56 Å². The lowest BCUT2D eigenvalue weighted by Gasteiger charge is -2.13. The summed E-state index contributed by atoms with van der Waals surface area (Å²) in [6.45, 7) is 0.716. The summed E-state index contributed by atoms with van der Waals surface area (Å²) in [5.74, 6) is -1.03. The van der Waals surface area contributed by atoms with Crippen LogP contribution in [0.1, 0.15) is 29.6 Å². The van der Waals surface area contributed by atoms with E-state index in [0.717, 1.165) is 5.75 Å². The second-order valence-corrected chi connectivity index (χ2v) is 5.81. The van der Waals surface area contributed by atoms with Crippen LogP contribution in [-0.4, -0.2) is 35.4 Å². The van der Waals surface area contributed by atoms with Gasteiger partial charge in [-0.3, -0.25) is 4.79 Å². The summed E-state index contributed by atoms with van der Waals surface area (Å²) < 4.78 is 11.1. The second-order valence-electron chi connectivity index (χ2n) is 5.81. The third-order valence-corrected chi connectivity index (χ3v) is 3.89. The summed E-state index contributed by atoms with van der Waals surface area (Å²) in [6, 6.07) is 15.4. The Labute approximate surface area is 152 Å². The maximum Gasteiger partial charge on any atom is 0.335 e. The van der Waals surface area contributed by atoms with Crippen LogP contribution in [0.15, 0.2) is 54.6 Å². The number of carboxylic acids is 2. The maximum atomic E-state index is 11.4. The molecule has 2 N–H and O–H groups in total. The molecule has 0 aliphatic rings. The van der Waals surface area contributed by atoms with Crippen LogP contribution in [0.5, 0.6) is 11.5 Å². The minimum atomic E-state index is -0.987.